The van der Waals surface area contributed by atoms with E-state index in [4.69, 9.17) is 0 Å². The average Bonchev–Trinajstić information content (AvgIpc) is 2.36. The first-order valence-corrected chi connectivity index (χ1v) is 4.20. The number of hydrogen-bond acceptors (Lipinski definition) is 3. The molecule has 10 heavy (non-hydrogen) atoms. The van der Waals surface area contributed by atoms with E-state index in [-0.39, 0.29) is 5.03 Å². The van der Waals surface area contributed by atoms with E-state index in [1.807, 2.05) is 0 Å². The summed E-state index contributed by atoms with van der Waals surface area (Å²) in [5, 5.41) is 0.132. The normalized spacial score (nSPS) is 20.8. The lowest BCUT2D eigenvalue weighted by atomic mass is 10.5. The molecular formula is C4H5N3O2S. The summed E-state index contributed by atoms with van der Waals surface area (Å²) in [6.07, 6.45) is 1.38. The maximum atomic E-state index is 10.9. The lowest BCUT2D eigenvalue weighted by molar-refractivity contribution is 0.587. The summed E-state index contributed by atoms with van der Waals surface area (Å²) in [6, 6.07) is 0. The molecule has 6 heteroatoms. The predicted octanol–water partition coefficient (Wildman–Crippen LogP) is -0.798. The highest BCUT2D eigenvalue weighted by molar-refractivity contribution is 7.89. The van der Waals surface area contributed by atoms with Crippen LogP contribution in [0, 0.1) is 0 Å². The minimum atomic E-state index is -3.25. The zero-order chi connectivity index (χ0) is 7.19. The topological polar surface area (TPSA) is 74.8 Å². The summed E-state index contributed by atoms with van der Waals surface area (Å²) < 4.78 is 24.2. The van der Waals surface area contributed by atoms with E-state index in [1.165, 1.54) is 6.33 Å². The van der Waals surface area contributed by atoms with Gasteiger partial charge in [-0.25, -0.2) is 18.1 Å². The Morgan fingerprint density at radius 3 is 3.10 bits per heavy atom. The van der Waals surface area contributed by atoms with Crippen LogP contribution in [0.15, 0.2) is 11.4 Å². The lowest BCUT2D eigenvalue weighted by Crippen LogP contribution is -2.14. The summed E-state index contributed by atoms with van der Waals surface area (Å²) in [4.78, 5) is 6.36. The van der Waals surface area contributed by atoms with Gasteiger partial charge >= 0.3 is 0 Å². The standard InChI is InChI=1S/C4H5N3O2S/c8-10(9)4-3(1-7-10)5-2-6-4/h2,7H,1H2,(H,5,6). The molecule has 2 N–H and O–H groups in total. The summed E-state index contributed by atoms with van der Waals surface area (Å²) in [7, 11) is -3.25. The molecule has 0 saturated carbocycles. The second kappa shape index (κ2) is 1.58. The van der Waals surface area contributed by atoms with Crippen LogP contribution in [0.4, 0.5) is 0 Å². The van der Waals surface area contributed by atoms with E-state index >= 15 is 0 Å². The third kappa shape index (κ3) is 0.598. The van der Waals surface area contributed by atoms with E-state index in [1.54, 1.807) is 0 Å². The van der Waals surface area contributed by atoms with Crippen LogP contribution in [0.2, 0.25) is 0 Å². The van der Waals surface area contributed by atoms with Gasteiger partial charge in [-0.15, -0.1) is 0 Å². The van der Waals surface area contributed by atoms with E-state index in [0.29, 0.717) is 12.2 Å². The molecule has 0 spiro atoms. The maximum Gasteiger partial charge on any atom is 0.260 e. The van der Waals surface area contributed by atoms with Gasteiger partial charge in [-0.2, -0.15) is 0 Å². The Kier molecular flexibility index (Phi) is 0.930. The van der Waals surface area contributed by atoms with Crippen molar-refractivity contribution in [3.63, 3.8) is 0 Å². The van der Waals surface area contributed by atoms with E-state index in [0.717, 1.165) is 0 Å². The van der Waals surface area contributed by atoms with E-state index < -0.39 is 10.0 Å². The molecule has 0 aliphatic carbocycles. The van der Waals surface area contributed by atoms with Crippen LogP contribution >= 0.6 is 0 Å². The number of sulfonamides is 1. The van der Waals surface area contributed by atoms with Gasteiger partial charge in [0.05, 0.1) is 18.6 Å². The van der Waals surface area contributed by atoms with Crippen molar-refractivity contribution in [1.82, 2.24) is 14.7 Å². The summed E-state index contributed by atoms with van der Waals surface area (Å²) in [6.45, 7) is 0.331. The van der Waals surface area contributed by atoms with Crippen LogP contribution in [0.1, 0.15) is 5.69 Å². The zero-order valence-corrected chi connectivity index (χ0v) is 5.77. The van der Waals surface area contributed by atoms with Gasteiger partial charge in [-0.05, 0) is 0 Å². The fourth-order valence-corrected chi connectivity index (χ4v) is 2.02. The molecule has 54 valence electrons. The number of hydrogen-bond donors (Lipinski definition) is 2. The Bertz CT molecular complexity index is 352. The third-order valence-corrected chi connectivity index (χ3v) is 2.76. The molecule has 2 rings (SSSR count). The summed E-state index contributed by atoms with van der Waals surface area (Å²) in [5.41, 5.74) is 0.639. The van der Waals surface area contributed by atoms with Crippen molar-refractivity contribution in [3.8, 4) is 0 Å². The van der Waals surface area contributed by atoms with Gasteiger partial charge in [0.1, 0.15) is 0 Å². The highest BCUT2D eigenvalue weighted by Crippen LogP contribution is 2.16. The van der Waals surface area contributed by atoms with Crippen molar-refractivity contribution in [2.45, 2.75) is 11.6 Å². The minimum absolute atomic E-state index is 0.132. The van der Waals surface area contributed by atoms with Gasteiger partial charge in [0.2, 0.25) is 0 Å². The van der Waals surface area contributed by atoms with Crippen LogP contribution < -0.4 is 4.72 Å². The number of aromatic nitrogens is 2. The largest absolute Gasteiger partial charge is 0.346 e. The molecule has 1 aromatic heterocycles. The number of fused-ring (bicyclic) bond motifs is 1. The number of H-pyrrole nitrogens is 1. The Morgan fingerprint density at radius 1 is 1.60 bits per heavy atom. The third-order valence-electron chi connectivity index (χ3n) is 1.37. The van der Waals surface area contributed by atoms with Crippen LogP contribution in [-0.4, -0.2) is 18.4 Å². The van der Waals surface area contributed by atoms with Crippen LogP contribution in [0.5, 0.6) is 0 Å². The van der Waals surface area contributed by atoms with Crippen molar-refractivity contribution in [2.24, 2.45) is 0 Å². The molecule has 0 unspecified atom stereocenters. The monoisotopic (exact) mass is 159 g/mol. The molecule has 0 amide bonds. The van der Waals surface area contributed by atoms with Gasteiger partial charge in [-0.3, -0.25) is 0 Å². The Hall–Kier alpha value is -0.880. The molecule has 5 nitrogen and oxygen atoms in total. The smallest absolute Gasteiger partial charge is 0.260 e. The maximum absolute atomic E-state index is 10.9. The number of nitrogens with zero attached hydrogens (tertiary/aromatic N) is 1. The number of aromatic amines is 1. The molecule has 0 fully saturated rings. The van der Waals surface area contributed by atoms with Crippen LogP contribution in [0.3, 0.4) is 0 Å². The second-order valence-corrected chi connectivity index (χ2v) is 3.69. The molecule has 1 aromatic rings. The zero-order valence-electron chi connectivity index (χ0n) is 4.96. The van der Waals surface area contributed by atoms with E-state index in [9.17, 15) is 8.42 Å². The molecule has 1 aliphatic heterocycles. The van der Waals surface area contributed by atoms with Gasteiger partial charge < -0.3 is 4.98 Å². The van der Waals surface area contributed by atoms with Crippen molar-refractivity contribution >= 4 is 10.0 Å². The van der Waals surface area contributed by atoms with Crippen LogP contribution in [0.25, 0.3) is 0 Å². The summed E-state index contributed by atoms with van der Waals surface area (Å²) >= 11 is 0. The first-order chi connectivity index (χ1) is 4.70. The fraction of sp³-hybridized carbons (Fsp3) is 0.250. The molecule has 2 heterocycles. The van der Waals surface area contributed by atoms with Gasteiger partial charge in [0, 0.05) is 0 Å². The first-order valence-electron chi connectivity index (χ1n) is 2.72. The van der Waals surface area contributed by atoms with Crippen molar-refractivity contribution in [2.75, 3.05) is 0 Å². The summed E-state index contributed by atoms with van der Waals surface area (Å²) in [5.74, 6) is 0. The van der Waals surface area contributed by atoms with Crippen molar-refractivity contribution < 1.29 is 8.42 Å². The predicted molar refractivity (Wildman–Crippen MR) is 32.6 cm³/mol. The molecule has 0 bridgehead atoms. The Balaban J connectivity index is 2.76. The first kappa shape index (κ1) is 5.87. The fourth-order valence-electron chi connectivity index (χ4n) is 0.902. The van der Waals surface area contributed by atoms with Gasteiger partial charge in [0.15, 0.2) is 5.03 Å². The Morgan fingerprint density at radius 2 is 2.40 bits per heavy atom. The Labute approximate surface area is 57.5 Å². The van der Waals surface area contributed by atoms with Gasteiger partial charge in [0.25, 0.3) is 10.0 Å². The second-order valence-electron chi connectivity index (χ2n) is 2.01. The SMILES string of the molecule is O=S1(=O)NCc2[nH]cnc21. The molecule has 0 saturated heterocycles. The average molecular weight is 159 g/mol. The number of imidazole rings is 1. The highest BCUT2D eigenvalue weighted by atomic mass is 32.2. The minimum Gasteiger partial charge on any atom is -0.346 e. The highest BCUT2D eigenvalue weighted by Gasteiger charge is 2.27. The molecular weight excluding hydrogens is 154 g/mol. The lowest BCUT2D eigenvalue weighted by Gasteiger charge is -1.87. The van der Waals surface area contributed by atoms with Crippen molar-refractivity contribution in [1.29, 1.82) is 0 Å². The molecule has 0 radical (unpaired) electrons. The van der Waals surface area contributed by atoms with Crippen molar-refractivity contribution in [3.05, 3.63) is 12.0 Å². The molecule has 1 aliphatic rings. The van der Waals surface area contributed by atoms with Gasteiger partial charge in [-0.1, -0.05) is 0 Å². The van der Waals surface area contributed by atoms with Crippen LogP contribution in [-0.2, 0) is 16.6 Å². The molecule has 0 atom stereocenters. The quantitative estimate of drug-likeness (QED) is 0.520. The van der Waals surface area contributed by atoms with E-state index in [2.05, 4.69) is 14.7 Å². The number of nitrogens with one attached hydrogen (secondary N) is 2. The molecule has 0 aromatic carbocycles. The number of rotatable bonds is 0.